The molecule has 1 N–H and O–H groups in total. The Morgan fingerprint density at radius 2 is 1.53 bits per heavy atom. The Kier molecular flexibility index (Phi) is 15.0. The minimum Gasteiger partial charge on any atom is -0.748 e. The van der Waals surface area contributed by atoms with Crippen molar-refractivity contribution in [3.8, 4) is 0 Å². The second-order valence-corrected chi connectivity index (χ2v) is 2.85. The average Bonchev–Trinajstić information content (AvgIpc) is 2.95. The fourth-order valence-corrected chi connectivity index (χ4v) is 1.04. The van der Waals surface area contributed by atoms with Crippen LogP contribution in [0, 0.1) is 5.41 Å². The molecule has 3 heteroatoms. The van der Waals surface area contributed by atoms with Gasteiger partial charge in [0.05, 0.1) is 0 Å². The number of hydrogen-bond acceptors (Lipinski definition) is 2. The molecule has 0 aliphatic rings. The van der Waals surface area contributed by atoms with Crippen molar-refractivity contribution in [3.05, 3.63) is 72.8 Å². The summed E-state index contributed by atoms with van der Waals surface area (Å²) in [5.74, 6) is 0. The van der Waals surface area contributed by atoms with E-state index in [1.54, 1.807) is 0 Å². The van der Waals surface area contributed by atoms with Crippen LogP contribution in [-0.2, 0) is 28.3 Å². The molecule has 0 fully saturated rings. The van der Waals surface area contributed by atoms with Gasteiger partial charge in [0.1, 0.15) is 0 Å². The number of carbonyl (C=O) groups excluding carboxylic acids is 1. The van der Waals surface area contributed by atoms with E-state index in [1.807, 2.05) is 48.5 Å². The summed E-state index contributed by atoms with van der Waals surface area (Å²) in [6.45, 7) is 3.64. The van der Waals surface area contributed by atoms with E-state index in [2.05, 4.69) is 18.7 Å². The Labute approximate surface area is 113 Å². The first kappa shape index (κ1) is 17.7. The van der Waals surface area contributed by atoms with E-state index in [1.165, 1.54) is 5.56 Å². The second kappa shape index (κ2) is 14.3. The van der Waals surface area contributed by atoms with Gasteiger partial charge in [0.15, 0.2) is 0 Å². The van der Waals surface area contributed by atoms with Crippen LogP contribution in [0.2, 0.25) is 0 Å². The molecule has 0 aliphatic carbocycles. The first-order valence-electron chi connectivity index (χ1n) is 4.87. The molecule has 2 nitrogen and oxygen atoms in total. The predicted molar refractivity (Wildman–Crippen MR) is 66.4 cm³/mol. The molecule has 0 saturated carbocycles. The molecule has 96 valence electrons. The molecule has 0 bridgehead atoms. The molecule has 17 heavy (non-hydrogen) atoms. The van der Waals surface area contributed by atoms with Crippen LogP contribution in [0.15, 0.2) is 67.3 Å². The standard InChI is InChI=1S/C8H9.C5H5.CHNO.Fe/c1-2-5-8-6-3-4-7-8;1-2-4-5-3-1;2-1-3;/h2-4,6-7H,1,5H2;1-5H;2H;/q-1;-5;;. The molecule has 0 spiro atoms. The van der Waals surface area contributed by atoms with Gasteiger partial charge in [-0.2, -0.15) is 17.7 Å². The minimum atomic E-state index is 0. The van der Waals surface area contributed by atoms with E-state index in [0.29, 0.717) is 0 Å². The van der Waals surface area contributed by atoms with E-state index in [0.717, 1.165) is 12.5 Å². The third-order valence-corrected chi connectivity index (χ3v) is 1.67. The molecular formula is C14H15FeNO-6. The monoisotopic (exact) mass is 269 g/mol. The van der Waals surface area contributed by atoms with Crippen LogP contribution in [0.4, 0.5) is 0 Å². The SMILES string of the molecule is C=CC[c-]1cccc1.N=C=O.[Fe].[cH-]1[cH-][cH-][cH-][cH-]1. The van der Waals surface area contributed by atoms with Crippen LogP contribution in [0.1, 0.15) is 5.56 Å². The number of rotatable bonds is 2. The van der Waals surface area contributed by atoms with Crippen LogP contribution in [0.5, 0.6) is 0 Å². The maximum Gasteiger partial charge on any atom is 0.231 e. The summed E-state index contributed by atoms with van der Waals surface area (Å²) in [4.78, 5) is 8.35. The summed E-state index contributed by atoms with van der Waals surface area (Å²) in [5, 5.41) is 5.40. The van der Waals surface area contributed by atoms with Crippen molar-refractivity contribution in [3.63, 3.8) is 0 Å². The summed E-state index contributed by atoms with van der Waals surface area (Å²) < 4.78 is 0. The second-order valence-electron chi connectivity index (χ2n) is 2.85. The molecule has 0 aromatic heterocycles. The van der Waals surface area contributed by atoms with Gasteiger partial charge in [-0.1, -0.05) is 12.5 Å². The van der Waals surface area contributed by atoms with Gasteiger partial charge >= 0.3 is 0 Å². The maximum atomic E-state index is 8.35. The largest absolute Gasteiger partial charge is 0.748 e. The average molecular weight is 269 g/mol. The van der Waals surface area contributed by atoms with Crippen LogP contribution < -0.4 is 0 Å². The summed E-state index contributed by atoms with van der Waals surface area (Å²) in [7, 11) is 0. The Morgan fingerprint density at radius 1 is 1.18 bits per heavy atom. The van der Waals surface area contributed by atoms with Crippen molar-refractivity contribution in [1.29, 1.82) is 5.41 Å². The topological polar surface area (TPSA) is 40.9 Å². The van der Waals surface area contributed by atoms with E-state index >= 15 is 0 Å². The molecule has 2 rings (SSSR count). The minimum absolute atomic E-state index is 0. The third-order valence-electron chi connectivity index (χ3n) is 1.67. The normalized spacial score (nSPS) is 7.06. The Bertz CT molecular complexity index is 353. The predicted octanol–water partition coefficient (Wildman–Crippen LogP) is 3.44. The van der Waals surface area contributed by atoms with Crippen molar-refractivity contribution in [1.82, 2.24) is 0 Å². The van der Waals surface area contributed by atoms with Gasteiger partial charge in [-0.05, 0) is 0 Å². The molecular weight excluding hydrogens is 254 g/mol. The van der Waals surface area contributed by atoms with Gasteiger partial charge in [-0.3, -0.25) is 0 Å². The fraction of sp³-hybridized carbons (Fsp3) is 0.0714. The van der Waals surface area contributed by atoms with Crippen LogP contribution in [-0.4, -0.2) is 6.08 Å². The van der Waals surface area contributed by atoms with Crippen molar-refractivity contribution in [2.24, 2.45) is 0 Å². The summed E-state index contributed by atoms with van der Waals surface area (Å²) >= 11 is 0. The number of isocyanates is 1. The van der Waals surface area contributed by atoms with E-state index in [-0.39, 0.29) is 17.1 Å². The van der Waals surface area contributed by atoms with Gasteiger partial charge in [0.2, 0.25) is 6.08 Å². The van der Waals surface area contributed by atoms with Crippen molar-refractivity contribution < 1.29 is 21.9 Å². The van der Waals surface area contributed by atoms with Gasteiger partial charge in [0.25, 0.3) is 0 Å². The maximum absolute atomic E-state index is 8.35. The van der Waals surface area contributed by atoms with E-state index < -0.39 is 0 Å². The third kappa shape index (κ3) is 12.3. The quantitative estimate of drug-likeness (QED) is 0.293. The van der Waals surface area contributed by atoms with Crippen molar-refractivity contribution in [2.75, 3.05) is 0 Å². The van der Waals surface area contributed by atoms with E-state index in [9.17, 15) is 0 Å². The van der Waals surface area contributed by atoms with Crippen LogP contribution in [0.25, 0.3) is 0 Å². The van der Waals surface area contributed by atoms with Crippen LogP contribution >= 0.6 is 0 Å². The molecule has 0 saturated heterocycles. The first-order chi connectivity index (χ1) is 7.85. The first-order valence-corrected chi connectivity index (χ1v) is 4.87. The summed E-state index contributed by atoms with van der Waals surface area (Å²) in [6, 6.07) is 18.3. The Balaban J connectivity index is 0. The molecule has 0 radical (unpaired) electrons. The summed E-state index contributed by atoms with van der Waals surface area (Å²) in [6.07, 6.45) is 3.66. The molecule has 0 unspecified atom stereocenters. The molecule has 2 aromatic carbocycles. The number of allylic oxidation sites excluding steroid dienone is 1. The van der Waals surface area contributed by atoms with Gasteiger partial charge in [-0.25, -0.2) is 22.3 Å². The van der Waals surface area contributed by atoms with E-state index in [4.69, 9.17) is 10.2 Å². The smallest absolute Gasteiger partial charge is 0.231 e. The summed E-state index contributed by atoms with van der Waals surface area (Å²) in [5.41, 5.74) is 1.35. The molecule has 0 atom stereocenters. The molecule has 0 amide bonds. The number of nitrogens with one attached hydrogen (secondary N) is 1. The van der Waals surface area contributed by atoms with Crippen LogP contribution in [0.3, 0.4) is 0 Å². The molecule has 0 heterocycles. The number of hydrogen-bond donors (Lipinski definition) is 1. The zero-order valence-electron chi connectivity index (χ0n) is 9.45. The van der Waals surface area contributed by atoms with Gasteiger partial charge in [0, 0.05) is 17.1 Å². The fourth-order valence-electron chi connectivity index (χ4n) is 1.04. The van der Waals surface area contributed by atoms with Gasteiger partial charge in [-0.15, -0.1) is 6.58 Å². The molecule has 0 aliphatic heterocycles. The van der Waals surface area contributed by atoms with Crippen molar-refractivity contribution in [2.45, 2.75) is 6.42 Å². The van der Waals surface area contributed by atoms with Gasteiger partial charge < -0.3 is 30.3 Å². The Morgan fingerprint density at radius 3 is 1.82 bits per heavy atom. The zero-order valence-corrected chi connectivity index (χ0v) is 10.6. The zero-order chi connectivity index (χ0) is 12.1. The molecule has 2 aromatic rings. The van der Waals surface area contributed by atoms with Crippen molar-refractivity contribution >= 4 is 6.08 Å². The Hall–Kier alpha value is -1.66.